The van der Waals surface area contributed by atoms with Crippen LogP contribution in [0.2, 0.25) is 0 Å². The normalized spacial score (nSPS) is 34.6. The lowest BCUT2D eigenvalue weighted by Crippen LogP contribution is -2.41. The molecule has 2 aliphatic carbocycles. The zero-order valence-electron chi connectivity index (χ0n) is 11.5. The van der Waals surface area contributed by atoms with Gasteiger partial charge in [-0.05, 0) is 67.1 Å². The molecule has 1 N–H and O–H groups in total. The molecule has 2 nitrogen and oxygen atoms in total. The van der Waals surface area contributed by atoms with Gasteiger partial charge in [0.05, 0.1) is 0 Å². The number of hydrogen-bond donors (Lipinski definition) is 1. The average molecular weight is 257 g/mol. The van der Waals surface area contributed by atoms with Gasteiger partial charge in [0.15, 0.2) is 0 Å². The molecule has 2 bridgehead atoms. The van der Waals surface area contributed by atoms with E-state index in [9.17, 15) is 5.11 Å². The maximum atomic E-state index is 9.71. The molecule has 0 amide bonds. The van der Waals surface area contributed by atoms with Crippen molar-refractivity contribution in [1.82, 2.24) is 4.90 Å². The van der Waals surface area contributed by atoms with Gasteiger partial charge >= 0.3 is 0 Å². The van der Waals surface area contributed by atoms with Crippen molar-refractivity contribution < 1.29 is 5.11 Å². The summed E-state index contributed by atoms with van der Waals surface area (Å²) in [6.07, 6.45) is 5.68. The van der Waals surface area contributed by atoms with Gasteiger partial charge in [-0.25, -0.2) is 0 Å². The van der Waals surface area contributed by atoms with Crippen LogP contribution in [-0.4, -0.2) is 29.6 Å². The minimum absolute atomic E-state index is 0.428. The molecule has 1 aromatic carbocycles. The summed E-state index contributed by atoms with van der Waals surface area (Å²) in [4.78, 5) is 2.72. The molecule has 3 fully saturated rings. The Morgan fingerprint density at radius 2 is 1.79 bits per heavy atom. The van der Waals surface area contributed by atoms with Crippen molar-refractivity contribution in [3.63, 3.8) is 0 Å². The Morgan fingerprint density at radius 3 is 2.42 bits per heavy atom. The number of rotatable bonds is 3. The highest BCUT2D eigenvalue weighted by Crippen LogP contribution is 2.49. The lowest BCUT2D eigenvalue weighted by molar-refractivity contribution is 0.140. The summed E-state index contributed by atoms with van der Waals surface area (Å²) in [5.41, 5.74) is 1.37. The van der Waals surface area contributed by atoms with Crippen LogP contribution in [0.15, 0.2) is 24.3 Å². The predicted molar refractivity (Wildman–Crippen MR) is 76.2 cm³/mol. The minimum Gasteiger partial charge on any atom is -0.508 e. The SMILES string of the molecule is Oc1cccc(C2C3CCC2CN(CC2CC2)C3)c1. The minimum atomic E-state index is 0.428. The van der Waals surface area contributed by atoms with E-state index in [1.807, 2.05) is 12.1 Å². The van der Waals surface area contributed by atoms with E-state index < -0.39 is 0 Å². The molecule has 2 saturated carbocycles. The van der Waals surface area contributed by atoms with Crippen LogP contribution < -0.4 is 0 Å². The Kier molecular flexibility index (Phi) is 2.80. The molecule has 0 spiro atoms. The van der Waals surface area contributed by atoms with Gasteiger partial charge in [-0.15, -0.1) is 0 Å². The number of phenolic OH excluding ortho intramolecular Hbond substituents is 1. The third-order valence-corrected chi connectivity index (χ3v) is 5.38. The van der Waals surface area contributed by atoms with E-state index in [0.717, 1.165) is 17.8 Å². The number of benzene rings is 1. The topological polar surface area (TPSA) is 23.5 Å². The number of fused-ring (bicyclic) bond motifs is 2. The average Bonchev–Trinajstić information content (AvgIpc) is 3.15. The van der Waals surface area contributed by atoms with Crippen LogP contribution >= 0.6 is 0 Å². The van der Waals surface area contributed by atoms with Crippen LogP contribution in [0.25, 0.3) is 0 Å². The van der Waals surface area contributed by atoms with Crippen LogP contribution in [0, 0.1) is 17.8 Å². The zero-order valence-corrected chi connectivity index (χ0v) is 11.5. The van der Waals surface area contributed by atoms with Gasteiger partial charge in [-0.3, -0.25) is 0 Å². The fourth-order valence-electron chi connectivity index (χ4n) is 4.41. The first kappa shape index (κ1) is 11.8. The number of nitrogens with zero attached hydrogens (tertiary/aromatic N) is 1. The van der Waals surface area contributed by atoms with E-state index in [1.54, 1.807) is 6.07 Å². The molecule has 1 saturated heterocycles. The van der Waals surface area contributed by atoms with Crippen molar-refractivity contribution >= 4 is 0 Å². The van der Waals surface area contributed by atoms with Crippen molar-refractivity contribution in [1.29, 1.82) is 0 Å². The van der Waals surface area contributed by atoms with E-state index >= 15 is 0 Å². The highest BCUT2D eigenvalue weighted by molar-refractivity contribution is 5.32. The molecular weight excluding hydrogens is 234 g/mol. The van der Waals surface area contributed by atoms with Crippen LogP contribution in [0.3, 0.4) is 0 Å². The van der Waals surface area contributed by atoms with Gasteiger partial charge in [-0.2, -0.15) is 0 Å². The molecule has 1 heterocycles. The maximum absolute atomic E-state index is 9.71. The lowest BCUT2D eigenvalue weighted by atomic mass is 9.80. The second-order valence-corrected chi connectivity index (χ2v) is 6.88. The van der Waals surface area contributed by atoms with Gasteiger partial charge in [0.2, 0.25) is 0 Å². The van der Waals surface area contributed by atoms with Gasteiger partial charge in [0.25, 0.3) is 0 Å². The molecule has 2 heteroatoms. The standard InChI is InChI=1S/C17H23NO/c19-16-3-1-2-13(8-16)17-14-6-7-15(17)11-18(10-14)9-12-4-5-12/h1-3,8,12,14-15,17,19H,4-7,9-11H2. The third kappa shape index (κ3) is 2.27. The van der Waals surface area contributed by atoms with E-state index in [4.69, 9.17) is 0 Å². The Balaban J connectivity index is 1.52. The molecular formula is C17H23NO. The molecule has 19 heavy (non-hydrogen) atoms. The lowest BCUT2D eigenvalue weighted by Gasteiger charge is -2.38. The summed E-state index contributed by atoms with van der Waals surface area (Å²) < 4.78 is 0. The molecule has 0 radical (unpaired) electrons. The predicted octanol–water partition coefficient (Wildman–Crippen LogP) is 3.23. The summed E-state index contributed by atoms with van der Waals surface area (Å²) in [5.74, 6) is 3.77. The van der Waals surface area contributed by atoms with Crippen molar-refractivity contribution in [2.75, 3.05) is 19.6 Å². The van der Waals surface area contributed by atoms with E-state index in [-0.39, 0.29) is 0 Å². The molecule has 102 valence electrons. The van der Waals surface area contributed by atoms with E-state index in [0.29, 0.717) is 11.7 Å². The number of hydrogen-bond acceptors (Lipinski definition) is 2. The summed E-state index contributed by atoms with van der Waals surface area (Å²) in [6.45, 7) is 3.92. The zero-order chi connectivity index (χ0) is 12.8. The fraction of sp³-hybridized carbons (Fsp3) is 0.647. The Morgan fingerprint density at radius 1 is 1.05 bits per heavy atom. The Bertz CT molecular complexity index is 454. The van der Waals surface area contributed by atoms with E-state index in [1.165, 1.54) is 50.9 Å². The number of piperidine rings is 1. The van der Waals surface area contributed by atoms with Gasteiger partial charge in [0, 0.05) is 19.6 Å². The second-order valence-electron chi connectivity index (χ2n) is 6.88. The quantitative estimate of drug-likeness (QED) is 0.898. The first-order chi connectivity index (χ1) is 9.29. The van der Waals surface area contributed by atoms with Crippen molar-refractivity contribution in [3.05, 3.63) is 29.8 Å². The summed E-state index contributed by atoms with van der Waals surface area (Å²) >= 11 is 0. The monoisotopic (exact) mass is 257 g/mol. The highest BCUT2D eigenvalue weighted by Gasteiger charge is 2.43. The molecule has 2 atom stereocenters. The van der Waals surface area contributed by atoms with Crippen LogP contribution in [0.1, 0.15) is 37.2 Å². The molecule has 1 aliphatic heterocycles. The third-order valence-electron chi connectivity index (χ3n) is 5.38. The first-order valence-electron chi connectivity index (χ1n) is 7.81. The summed E-state index contributed by atoms with van der Waals surface area (Å²) in [7, 11) is 0. The van der Waals surface area contributed by atoms with Crippen molar-refractivity contribution in [2.45, 2.75) is 31.6 Å². The van der Waals surface area contributed by atoms with Gasteiger partial charge in [-0.1, -0.05) is 12.1 Å². The first-order valence-corrected chi connectivity index (χ1v) is 7.81. The summed E-state index contributed by atoms with van der Waals surface area (Å²) in [5, 5.41) is 9.71. The Labute approximate surface area is 115 Å². The van der Waals surface area contributed by atoms with Crippen LogP contribution in [0.5, 0.6) is 5.75 Å². The second kappa shape index (κ2) is 4.52. The molecule has 4 rings (SSSR count). The van der Waals surface area contributed by atoms with Gasteiger partial charge in [0.1, 0.15) is 5.75 Å². The van der Waals surface area contributed by atoms with E-state index in [2.05, 4.69) is 11.0 Å². The van der Waals surface area contributed by atoms with Gasteiger partial charge < -0.3 is 10.0 Å². The molecule has 3 aliphatic rings. The maximum Gasteiger partial charge on any atom is 0.115 e. The number of aromatic hydroxyl groups is 1. The van der Waals surface area contributed by atoms with Crippen molar-refractivity contribution in [3.8, 4) is 5.75 Å². The summed E-state index contributed by atoms with van der Waals surface area (Å²) in [6, 6.07) is 7.99. The van der Waals surface area contributed by atoms with Crippen LogP contribution in [0.4, 0.5) is 0 Å². The fourth-order valence-corrected chi connectivity index (χ4v) is 4.41. The molecule has 2 unspecified atom stereocenters. The smallest absolute Gasteiger partial charge is 0.115 e. The molecule has 0 aromatic heterocycles. The van der Waals surface area contributed by atoms with Crippen molar-refractivity contribution in [2.24, 2.45) is 17.8 Å². The highest BCUT2D eigenvalue weighted by atomic mass is 16.3. The Hall–Kier alpha value is -1.02. The number of phenols is 1. The molecule has 1 aromatic rings. The largest absolute Gasteiger partial charge is 0.508 e. The van der Waals surface area contributed by atoms with Crippen LogP contribution in [-0.2, 0) is 0 Å². The number of likely N-dealkylation sites (tertiary alicyclic amines) is 1.